The van der Waals surface area contributed by atoms with Crippen molar-refractivity contribution in [3.8, 4) is 0 Å². The zero-order chi connectivity index (χ0) is 10.8. The van der Waals surface area contributed by atoms with Gasteiger partial charge in [-0.25, -0.2) is 0 Å². The Labute approximate surface area is 89.8 Å². The van der Waals surface area contributed by atoms with Crippen molar-refractivity contribution < 1.29 is 0 Å². The van der Waals surface area contributed by atoms with Gasteiger partial charge in [0.05, 0.1) is 0 Å². The van der Waals surface area contributed by atoms with E-state index < -0.39 is 0 Å². The summed E-state index contributed by atoms with van der Waals surface area (Å²) >= 11 is 0. The maximum absolute atomic E-state index is 4.12. The Bertz CT molecular complexity index is 195. The fourth-order valence-electron chi connectivity index (χ4n) is 2.94. The zero-order valence-electron chi connectivity index (χ0n) is 10.4. The van der Waals surface area contributed by atoms with Crippen molar-refractivity contribution in [2.75, 3.05) is 0 Å². The first-order chi connectivity index (χ1) is 6.41. The van der Waals surface area contributed by atoms with Crippen LogP contribution in [-0.2, 0) is 0 Å². The number of allylic oxidation sites excluding steroid dienone is 1. The highest BCUT2D eigenvalue weighted by Crippen LogP contribution is 2.53. The van der Waals surface area contributed by atoms with Gasteiger partial charge >= 0.3 is 0 Å². The lowest BCUT2D eigenvalue weighted by Gasteiger charge is -2.48. The van der Waals surface area contributed by atoms with Gasteiger partial charge in [-0.3, -0.25) is 0 Å². The third kappa shape index (κ3) is 2.21. The third-order valence-corrected chi connectivity index (χ3v) is 4.23. The summed E-state index contributed by atoms with van der Waals surface area (Å²) in [6, 6.07) is 0. The molecular weight excluding hydrogens is 168 g/mol. The molecule has 1 saturated carbocycles. The molecule has 0 bridgehead atoms. The molecule has 0 saturated heterocycles. The van der Waals surface area contributed by atoms with Gasteiger partial charge in [-0.15, -0.1) is 0 Å². The van der Waals surface area contributed by atoms with Gasteiger partial charge < -0.3 is 0 Å². The maximum atomic E-state index is 4.12. The summed E-state index contributed by atoms with van der Waals surface area (Å²) in [7, 11) is 0. The lowest BCUT2D eigenvalue weighted by molar-refractivity contribution is 0.0407. The average molecular weight is 194 g/mol. The van der Waals surface area contributed by atoms with Crippen LogP contribution in [0.15, 0.2) is 12.2 Å². The molecule has 0 unspecified atom stereocenters. The lowest BCUT2D eigenvalue weighted by Crippen LogP contribution is -2.37. The second-order valence-corrected chi connectivity index (χ2v) is 6.03. The van der Waals surface area contributed by atoms with Gasteiger partial charge in [-0.05, 0) is 42.9 Å². The van der Waals surface area contributed by atoms with Crippen LogP contribution in [0.2, 0.25) is 0 Å². The molecular formula is C14H26. The van der Waals surface area contributed by atoms with E-state index >= 15 is 0 Å². The van der Waals surface area contributed by atoms with E-state index in [4.69, 9.17) is 0 Å². The molecule has 1 fully saturated rings. The Morgan fingerprint density at radius 2 is 1.71 bits per heavy atom. The van der Waals surface area contributed by atoms with Crippen LogP contribution in [0.4, 0.5) is 0 Å². The quantitative estimate of drug-likeness (QED) is 0.546. The van der Waals surface area contributed by atoms with Crippen LogP contribution >= 0.6 is 0 Å². The standard InChI is InChI=1S/C14H26/c1-6-9-14(13(3,4)5)10-7-12(2)8-11-14/h2,6-11H2,1,3-5H3. The Kier molecular flexibility index (Phi) is 3.44. The van der Waals surface area contributed by atoms with Gasteiger partial charge in [-0.1, -0.05) is 46.3 Å². The van der Waals surface area contributed by atoms with E-state index in [1.54, 1.807) is 0 Å². The van der Waals surface area contributed by atoms with Gasteiger partial charge in [0.15, 0.2) is 0 Å². The van der Waals surface area contributed by atoms with Crippen LogP contribution < -0.4 is 0 Å². The predicted molar refractivity (Wildman–Crippen MR) is 64.4 cm³/mol. The summed E-state index contributed by atoms with van der Waals surface area (Å²) < 4.78 is 0. The normalized spacial score (nSPS) is 22.4. The smallest absolute Gasteiger partial charge is 0.0243 e. The van der Waals surface area contributed by atoms with Crippen molar-refractivity contribution in [3.05, 3.63) is 12.2 Å². The van der Waals surface area contributed by atoms with Crippen LogP contribution in [0.5, 0.6) is 0 Å². The van der Waals surface area contributed by atoms with Gasteiger partial charge in [0.2, 0.25) is 0 Å². The summed E-state index contributed by atoms with van der Waals surface area (Å²) in [6.45, 7) is 13.7. The van der Waals surface area contributed by atoms with Crippen molar-refractivity contribution in [2.24, 2.45) is 10.8 Å². The van der Waals surface area contributed by atoms with Crippen molar-refractivity contribution >= 4 is 0 Å². The van der Waals surface area contributed by atoms with E-state index in [1.165, 1.54) is 44.1 Å². The Balaban J connectivity index is 2.78. The van der Waals surface area contributed by atoms with Gasteiger partial charge in [-0.2, -0.15) is 0 Å². The molecule has 0 atom stereocenters. The SMILES string of the molecule is C=C1CCC(CCC)(C(C)(C)C)CC1. The average Bonchev–Trinajstić information content (AvgIpc) is 2.07. The highest BCUT2D eigenvalue weighted by atomic mass is 14.5. The molecule has 0 aromatic carbocycles. The molecule has 0 aromatic heterocycles. The van der Waals surface area contributed by atoms with Crippen LogP contribution in [0.25, 0.3) is 0 Å². The van der Waals surface area contributed by atoms with Crippen molar-refractivity contribution in [3.63, 3.8) is 0 Å². The fraction of sp³-hybridized carbons (Fsp3) is 0.857. The first-order valence-electron chi connectivity index (χ1n) is 6.08. The van der Waals surface area contributed by atoms with Crippen LogP contribution in [0.1, 0.15) is 66.2 Å². The van der Waals surface area contributed by atoms with Gasteiger partial charge in [0, 0.05) is 0 Å². The maximum Gasteiger partial charge on any atom is -0.0243 e. The minimum Gasteiger partial charge on any atom is -0.0999 e. The molecule has 0 aliphatic heterocycles. The van der Waals surface area contributed by atoms with E-state index in [0.29, 0.717) is 10.8 Å². The molecule has 1 aliphatic carbocycles. The molecule has 82 valence electrons. The minimum atomic E-state index is 0.462. The summed E-state index contributed by atoms with van der Waals surface area (Å²) in [5.74, 6) is 0. The summed E-state index contributed by atoms with van der Waals surface area (Å²) in [4.78, 5) is 0. The molecule has 0 spiro atoms. The van der Waals surface area contributed by atoms with Crippen molar-refractivity contribution in [2.45, 2.75) is 66.2 Å². The molecule has 0 nitrogen and oxygen atoms in total. The first-order valence-corrected chi connectivity index (χ1v) is 6.08. The Morgan fingerprint density at radius 3 is 2.07 bits per heavy atom. The first kappa shape index (κ1) is 11.8. The second-order valence-electron chi connectivity index (χ2n) is 6.03. The fourth-order valence-corrected chi connectivity index (χ4v) is 2.94. The third-order valence-electron chi connectivity index (χ3n) is 4.23. The number of hydrogen-bond donors (Lipinski definition) is 0. The van der Waals surface area contributed by atoms with Crippen LogP contribution in [0.3, 0.4) is 0 Å². The summed E-state index contributed by atoms with van der Waals surface area (Å²) in [5, 5.41) is 0. The molecule has 0 radical (unpaired) electrons. The lowest BCUT2D eigenvalue weighted by atomic mass is 9.57. The van der Waals surface area contributed by atoms with Crippen molar-refractivity contribution in [1.82, 2.24) is 0 Å². The van der Waals surface area contributed by atoms with Crippen LogP contribution in [-0.4, -0.2) is 0 Å². The van der Waals surface area contributed by atoms with Crippen LogP contribution in [0, 0.1) is 10.8 Å². The van der Waals surface area contributed by atoms with Crippen molar-refractivity contribution in [1.29, 1.82) is 0 Å². The number of rotatable bonds is 2. The van der Waals surface area contributed by atoms with Gasteiger partial charge in [0.25, 0.3) is 0 Å². The summed E-state index contributed by atoms with van der Waals surface area (Å²) in [5.41, 5.74) is 2.52. The second kappa shape index (κ2) is 4.08. The Morgan fingerprint density at radius 1 is 1.21 bits per heavy atom. The van der Waals surface area contributed by atoms with E-state index in [-0.39, 0.29) is 0 Å². The molecule has 0 heterocycles. The topological polar surface area (TPSA) is 0 Å². The van der Waals surface area contributed by atoms with E-state index in [2.05, 4.69) is 34.3 Å². The highest BCUT2D eigenvalue weighted by Gasteiger charge is 2.41. The molecule has 0 aromatic rings. The molecule has 1 rings (SSSR count). The van der Waals surface area contributed by atoms with E-state index in [9.17, 15) is 0 Å². The minimum absolute atomic E-state index is 0.462. The number of hydrogen-bond acceptors (Lipinski definition) is 0. The summed E-state index contributed by atoms with van der Waals surface area (Å²) in [6.07, 6.45) is 7.97. The predicted octanol–water partition coefficient (Wildman–Crippen LogP) is 4.95. The van der Waals surface area contributed by atoms with E-state index in [1.807, 2.05) is 0 Å². The van der Waals surface area contributed by atoms with E-state index in [0.717, 1.165) is 0 Å². The molecule has 0 heteroatoms. The Hall–Kier alpha value is -0.260. The largest absolute Gasteiger partial charge is 0.0999 e. The molecule has 0 N–H and O–H groups in total. The molecule has 0 amide bonds. The molecule has 14 heavy (non-hydrogen) atoms. The zero-order valence-corrected chi connectivity index (χ0v) is 10.4. The van der Waals surface area contributed by atoms with Gasteiger partial charge in [0.1, 0.15) is 0 Å². The highest BCUT2D eigenvalue weighted by molar-refractivity contribution is 5.05. The molecule has 1 aliphatic rings. The monoisotopic (exact) mass is 194 g/mol.